The van der Waals surface area contributed by atoms with Crippen LogP contribution in [0.4, 0.5) is 23.0 Å². The molecule has 40 heavy (non-hydrogen) atoms. The van der Waals surface area contributed by atoms with Crippen LogP contribution in [0.5, 0.6) is 5.75 Å². The molecular weight excluding hydrogens is 504 g/mol. The number of pyridine rings is 1. The van der Waals surface area contributed by atoms with E-state index >= 15 is 0 Å². The summed E-state index contributed by atoms with van der Waals surface area (Å²) in [6.07, 6.45) is 6.96. The number of nitrogens with zero attached hydrogens (tertiary/aromatic N) is 6. The molecule has 10 nitrogen and oxygen atoms in total. The third-order valence-corrected chi connectivity index (χ3v) is 6.73. The third-order valence-electron chi connectivity index (χ3n) is 6.73. The molecule has 0 aliphatic rings. The Morgan fingerprint density at radius 2 is 1.95 bits per heavy atom. The highest BCUT2D eigenvalue weighted by Gasteiger charge is 2.20. The van der Waals surface area contributed by atoms with Crippen LogP contribution < -0.4 is 20.3 Å². The minimum atomic E-state index is -0.303. The zero-order valence-electron chi connectivity index (χ0n) is 24.3. The molecule has 0 aliphatic carbocycles. The van der Waals surface area contributed by atoms with E-state index in [9.17, 15) is 4.79 Å². The van der Waals surface area contributed by atoms with Crippen LogP contribution in [-0.4, -0.2) is 71.7 Å². The number of likely N-dealkylation sites (N-methyl/N-ethyl adjacent to an activating group) is 2. The number of benzene rings is 1. The van der Waals surface area contributed by atoms with Crippen LogP contribution in [0.3, 0.4) is 0 Å². The molecule has 0 unspecified atom stereocenters. The molecular formula is C30H38N8O2. The Morgan fingerprint density at radius 3 is 2.62 bits per heavy atom. The molecule has 0 saturated carbocycles. The molecule has 210 valence electrons. The first kappa shape index (κ1) is 28.6. The van der Waals surface area contributed by atoms with E-state index in [-0.39, 0.29) is 11.8 Å². The van der Waals surface area contributed by atoms with Crippen molar-refractivity contribution in [3.63, 3.8) is 0 Å². The van der Waals surface area contributed by atoms with E-state index in [1.807, 2.05) is 57.2 Å². The molecule has 0 bridgehead atoms. The Balaban J connectivity index is 1.79. The molecule has 3 heterocycles. The summed E-state index contributed by atoms with van der Waals surface area (Å²) in [5.41, 5.74) is 5.81. The standard InChI is InChI=1S/C30H38N8O2/c1-9-27(39)33-23-15-24(26(40-8)16-25(23)37(6)14-13-36(4)5)34-30-32-17-21(19(2)3)28(35-30)22-18-38(7)29-20(22)11-10-12-31-29/h9-12,15-19H,1,13-14H2,2-8H3,(H,33,39)(H,32,34,35). The highest BCUT2D eigenvalue weighted by Crippen LogP contribution is 2.39. The second-order valence-corrected chi connectivity index (χ2v) is 10.3. The van der Waals surface area contributed by atoms with Crippen LogP contribution in [0, 0.1) is 0 Å². The Hall–Kier alpha value is -4.44. The number of methoxy groups -OCH3 is 1. The van der Waals surface area contributed by atoms with Crippen molar-refractivity contribution in [1.29, 1.82) is 0 Å². The molecule has 0 saturated heterocycles. The molecule has 2 N–H and O–H groups in total. The SMILES string of the molecule is C=CC(=O)Nc1cc(Nc2ncc(C(C)C)c(-c3cn(C)c4ncccc34)n2)c(OC)cc1N(C)CCN(C)C. The average Bonchev–Trinajstić information content (AvgIpc) is 3.27. The quantitative estimate of drug-likeness (QED) is 0.255. The molecule has 0 atom stereocenters. The number of anilines is 4. The lowest BCUT2D eigenvalue weighted by Gasteiger charge is -2.26. The molecule has 10 heteroatoms. The van der Waals surface area contributed by atoms with Gasteiger partial charge in [-0.05, 0) is 49.9 Å². The van der Waals surface area contributed by atoms with Crippen LogP contribution in [0.15, 0.2) is 55.5 Å². The van der Waals surface area contributed by atoms with Crippen LogP contribution in [0.25, 0.3) is 22.3 Å². The maximum atomic E-state index is 12.3. The minimum absolute atomic E-state index is 0.211. The maximum Gasteiger partial charge on any atom is 0.247 e. The van der Waals surface area contributed by atoms with Crippen molar-refractivity contribution in [2.45, 2.75) is 19.8 Å². The molecule has 0 aliphatic heterocycles. The molecule has 3 aromatic heterocycles. The van der Waals surface area contributed by atoms with Crippen molar-refractivity contribution in [2.24, 2.45) is 7.05 Å². The first-order chi connectivity index (χ1) is 19.1. The molecule has 0 radical (unpaired) electrons. The number of aromatic nitrogens is 4. The molecule has 0 spiro atoms. The van der Waals surface area contributed by atoms with Gasteiger partial charge in [-0.3, -0.25) is 4.79 Å². The first-order valence-electron chi connectivity index (χ1n) is 13.2. The number of nitrogens with one attached hydrogen (secondary N) is 2. The number of hydrogen-bond donors (Lipinski definition) is 2. The Morgan fingerprint density at radius 1 is 1.18 bits per heavy atom. The molecule has 0 fully saturated rings. The van der Waals surface area contributed by atoms with E-state index in [1.165, 1.54) is 6.08 Å². The lowest BCUT2D eigenvalue weighted by molar-refractivity contribution is -0.111. The largest absolute Gasteiger partial charge is 0.494 e. The van der Waals surface area contributed by atoms with E-state index < -0.39 is 0 Å². The van der Waals surface area contributed by atoms with Crippen molar-refractivity contribution < 1.29 is 9.53 Å². The summed E-state index contributed by atoms with van der Waals surface area (Å²) in [6, 6.07) is 7.72. The first-order valence-corrected chi connectivity index (χ1v) is 13.2. The fourth-order valence-electron chi connectivity index (χ4n) is 4.52. The minimum Gasteiger partial charge on any atom is -0.494 e. The highest BCUT2D eigenvalue weighted by atomic mass is 16.5. The van der Waals surface area contributed by atoms with Crippen LogP contribution >= 0.6 is 0 Å². The second-order valence-electron chi connectivity index (χ2n) is 10.3. The number of carbonyl (C=O) groups excluding carboxylic acids is 1. The number of ether oxygens (including phenoxy) is 1. The summed E-state index contributed by atoms with van der Waals surface area (Å²) in [6.45, 7) is 9.45. The molecule has 4 rings (SSSR count). The number of hydrogen-bond acceptors (Lipinski definition) is 8. The van der Waals surface area contributed by atoms with Gasteiger partial charge in [-0.1, -0.05) is 20.4 Å². The summed E-state index contributed by atoms with van der Waals surface area (Å²) >= 11 is 0. The lowest BCUT2D eigenvalue weighted by Crippen LogP contribution is -2.29. The fourth-order valence-corrected chi connectivity index (χ4v) is 4.52. The van der Waals surface area contributed by atoms with Gasteiger partial charge in [0, 0.05) is 62.8 Å². The number of rotatable bonds is 11. The van der Waals surface area contributed by atoms with Gasteiger partial charge in [-0.2, -0.15) is 0 Å². The molecule has 1 aromatic carbocycles. The predicted molar refractivity (Wildman–Crippen MR) is 163 cm³/mol. The monoisotopic (exact) mass is 542 g/mol. The molecule has 1 amide bonds. The summed E-state index contributed by atoms with van der Waals surface area (Å²) in [5.74, 6) is 0.912. The van der Waals surface area contributed by atoms with Gasteiger partial charge in [0.2, 0.25) is 11.9 Å². The van der Waals surface area contributed by atoms with Gasteiger partial charge in [-0.25, -0.2) is 15.0 Å². The Bertz CT molecular complexity index is 1530. The van der Waals surface area contributed by atoms with Crippen LogP contribution in [-0.2, 0) is 11.8 Å². The average molecular weight is 543 g/mol. The summed E-state index contributed by atoms with van der Waals surface area (Å²) < 4.78 is 7.77. The van der Waals surface area contributed by atoms with Crippen molar-refractivity contribution in [3.05, 3.63) is 61.1 Å². The van der Waals surface area contributed by atoms with Crippen molar-refractivity contribution in [1.82, 2.24) is 24.4 Å². The number of carbonyl (C=O) groups is 1. The van der Waals surface area contributed by atoms with E-state index in [0.29, 0.717) is 23.1 Å². The van der Waals surface area contributed by atoms with Gasteiger partial charge in [-0.15, -0.1) is 0 Å². The van der Waals surface area contributed by atoms with E-state index in [1.54, 1.807) is 13.3 Å². The third kappa shape index (κ3) is 6.07. The zero-order valence-corrected chi connectivity index (χ0v) is 24.3. The number of fused-ring (bicyclic) bond motifs is 1. The van der Waals surface area contributed by atoms with Gasteiger partial charge < -0.3 is 29.7 Å². The summed E-state index contributed by atoms with van der Waals surface area (Å²) in [4.78, 5) is 30.6. The topological polar surface area (TPSA) is 100 Å². The zero-order chi connectivity index (χ0) is 29.0. The van der Waals surface area contributed by atoms with Gasteiger partial charge in [0.1, 0.15) is 11.4 Å². The summed E-state index contributed by atoms with van der Waals surface area (Å²) in [5, 5.41) is 7.28. The Kier molecular flexibility index (Phi) is 8.69. The Labute approximate surface area is 235 Å². The second kappa shape index (κ2) is 12.2. The normalized spacial score (nSPS) is 11.2. The van der Waals surface area contributed by atoms with E-state index in [4.69, 9.17) is 9.72 Å². The molecule has 4 aromatic rings. The lowest BCUT2D eigenvalue weighted by atomic mass is 9.99. The number of aryl methyl sites for hydroxylation is 1. The van der Waals surface area contributed by atoms with Crippen LogP contribution in [0.2, 0.25) is 0 Å². The van der Waals surface area contributed by atoms with E-state index in [2.05, 4.69) is 63.1 Å². The van der Waals surface area contributed by atoms with Gasteiger partial charge >= 0.3 is 0 Å². The van der Waals surface area contributed by atoms with Crippen molar-refractivity contribution >= 4 is 40.0 Å². The maximum absolute atomic E-state index is 12.3. The summed E-state index contributed by atoms with van der Waals surface area (Å²) in [7, 11) is 9.62. The fraction of sp³-hybridized carbons (Fsp3) is 0.333. The van der Waals surface area contributed by atoms with Gasteiger partial charge in [0.15, 0.2) is 0 Å². The van der Waals surface area contributed by atoms with Crippen molar-refractivity contribution in [2.75, 3.05) is 56.9 Å². The smallest absolute Gasteiger partial charge is 0.247 e. The van der Waals surface area contributed by atoms with E-state index in [0.717, 1.165) is 46.6 Å². The van der Waals surface area contributed by atoms with Crippen molar-refractivity contribution in [3.8, 4) is 17.0 Å². The van der Waals surface area contributed by atoms with Gasteiger partial charge in [0.25, 0.3) is 0 Å². The predicted octanol–water partition coefficient (Wildman–Crippen LogP) is 5.03. The highest BCUT2D eigenvalue weighted by molar-refractivity contribution is 6.02. The van der Waals surface area contributed by atoms with Crippen LogP contribution in [0.1, 0.15) is 25.3 Å². The number of amides is 1. The van der Waals surface area contributed by atoms with Gasteiger partial charge in [0.05, 0.1) is 29.9 Å².